The van der Waals surface area contributed by atoms with Crippen molar-refractivity contribution in [2.24, 2.45) is 5.73 Å². The number of amides is 1. The molecule has 5 nitrogen and oxygen atoms in total. The lowest BCUT2D eigenvalue weighted by Crippen LogP contribution is -2.42. The minimum Gasteiger partial charge on any atom is -0.368 e. The van der Waals surface area contributed by atoms with Gasteiger partial charge in [-0.1, -0.05) is 17.7 Å². The third-order valence-corrected chi connectivity index (χ3v) is 4.50. The van der Waals surface area contributed by atoms with Gasteiger partial charge in [0.1, 0.15) is 11.9 Å². The van der Waals surface area contributed by atoms with Crippen LogP contribution in [0.25, 0.3) is 0 Å². The molecule has 0 radical (unpaired) electrons. The van der Waals surface area contributed by atoms with Crippen molar-refractivity contribution in [3.05, 3.63) is 53.2 Å². The molecule has 1 atom stereocenters. The Kier molecular flexibility index (Phi) is 6.65. The molecule has 0 aliphatic heterocycles. The fraction of sp³-hybridized carbons (Fsp3) is 0.368. The first-order chi connectivity index (χ1) is 12.0. The smallest absolute Gasteiger partial charge is 0.239 e. The number of benzene rings is 1. The van der Waals surface area contributed by atoms with E-state index in [-0.39, 0.29) is 5.91 Å². The molecule has 25 heavy (non-hydrogen) atoms. The minimum absolute atomic E-state index is 0.380. The second-order valence-corrected chi connectivity index (χ2v) is 6.28. The van der Waals surface area contributed by atoms with Crippen LogP contribution >= 0.6 is 11.6 Å². The highest BCUT2D eigenvalue weighted by atomic mass is 35.5. The Morgan fingerprint density at radius 3 is 2.36 bits per heavy atom. The van der Waals surface area contributed by atoms with Gasteiger partial charge in [-0.05, 0) is 57.2 Å². The fourth-order valence-corrected chi connectivity index (χ4v) is 2.82. The maximum absolute atomic E-state index is 11.8. The van der Waals surface area contributed by atoms with Crippen molar-refractivity contribution in [3.63, 3.8) is 0 Å². The van der Waals surface area contributed by atoms with Crippen LogP contribution in [0.1, 0.15) is 26.5 Å². The van der Waals surface area contributed by atoms with Gasteiger partial charge < -0.3 is 15.5 Å². The van der Waals surface area contributed by atoms with Gasteiger partial charge in [0.25, 0.3) is 0 Å². The van der Waals surface area contributed by atoms with E-state index in [0.717, 1.165) is 30.3 Å². The molecule has 2 N–H and O–H groups in total. The number of pyridine rings is 1. The molecule has 0 aliphatic rings. The Labute approximate surface area is 154 Å². The van der Waals surface area contributed by atoms with Crippen molar-refractivity contribution in [1.82, 2.24) is 4.98 Å². The Bertz CT molecular complexity index is 701. The van der Waals surface area contributed by atoms with E-state index in [4.69, 9.17) is 22.3 Å². The summed E-state index contributed by atoms with van der Waals surface area (Å²) in [4.78, 5) is 20.6. The van der Waals surface area contributed by atoms with Gasteiger partial charge in [0, 0.05) is 23.8 Å². The predicted octanol–water partition coefficient (Wildman–Crippen LogP) is 3.46. The van der Waals surface area contributed by atoms with Crippen molar-refractivity contribution in [3.8, 4) is 0 Å². The number of rotatable bonds is 8. The van der Waals surface area contributed by atoms with Gasteiger partial charge in [0.05, 0.1) is 12.2 Å². The summed E-state index contributed by atoms with van der Waals surface area (Å²) < 4.78 is 0. The van der Waals surface area contributed by atoms with Crippen LogP contribution in [0.5, 0.6) is 0 Å². The molecule has 0 saturated carbocycles. The van der Waals surface area contributed by atoms with E-state index < -0.39 is 6.04 Å². The van der Waals surface area contributed by atoms with Crippen LogP contribution in [-0.2, 0) is 11.3 Å². The summed E-state index contributed by atoms with van der Waals surface area (Å²) in [5.41, 5.74) is 7.31. The van der Waals surface area contributed by atoms with Crippen LogP contribution in [0.3, 0.4) is 0 Å². The van der Waals surface area contributed by atoms with Gasteiger partial charge in [-0.3, -0.25) is 4.79 Å². The molecule has 0 fully saturated rings. The summed E-state index contributed by atoms with van der Waals surface area (Å²) >= 11 is 5.98. The Morgan fingerprint density at radius 1 is 1.16 bits per heavy atom. The molecule has 0 saturated heterocycles. The van der Waals surface area contributed by atoms with Crippen LogP contribution in [0, 0.1) is 0 Å². The highest BCUT2D eigenvalue weighted by Gasteiger charge is 2.20. The number of hydrogen-bond acceptors (Lipinski definition) is 4. The number of halogens is 1. The van der Waals surface area contributed by atoms with E-state index in [1.807, 2.05) is 35.2 Å². The highest BCUT2D eigenvalue weighted by Crippen LogP contribution is 2.23. The molecule has 0 bridgehead atoms. The van der Waals surface area contributed by atoms with Crippen LogP contribution in [0.2, 0.25) is 5.02 Å². The monoisotopic (exact) mass is 360 g/mol. The molecule has 0 aliphatic carbocycles. The summed E-state index contributed by atoms with van der Waals surface area (Å²) in [7, 11) is 0. The third kappa shape index (κ3) is 4.86. The fourth-order valence-electron chi connectivity index (χ4n) is 2.69. The number of nitrogens with two attached hydrogens (primary N) is 1. The zero-order valence-corrected chi connectivity index (χ0v) is 15.7. The molecular weight excluding hydrogens is 336 g/mol. The average Bonchev–Trinajstić information content (AvgIpc) is 2.61. The molecule has 6 heteroatoms. The standard InChI is InChI=1S/C19H25ClN4O/c1-4-23(5-2)18-8-6-7-16(22-18)13-24(14(3)19(21)25)17-11-9-15(20)10-12-17/h6-12,14H,4-5,13H2,1-3H3,(H2,21,25)/t14-/m0/s1. The lowest BCUT2D eigenvalue weighted by atomic mass is 10.2. The summed E-state index contributed by atoms with van der Waals surface area (Å²) in [6, 6.07) is 12.9. The predicted molar refractivity (Wildman–Crippen MR) is 104 cm³/mol. The van der Waals surface area contributed by atoms with Crippen molar-refractivity contribution >= 4 is 29.0 Å². The summed E-state index contributed by atoms with van der Waals surface area (Å²) in [5.74, 6) is 0.556. The Balaban J connectivity index is 2.32. The van der Waals surface area contributed by atoms with Crippen molar-refractivity contribution in [2.75, 3.05) is 22.9 Å². The van der Waals surface area contributed by atoms with Gasteiger partial charge in [-0.15, -0.1) is 0 Å². The maximum atomic E-state index is 11.8. The number of primary amides is 1. The zero-order valence-electron chi connectivity index (χ0n) is 14.9. The summed E-state index contributed by atoms with van der Waals surface area (Å²) in [6.07, 6.45) is 0. The first-order valence-corrected chi connectivity index (χ1v) is 8.86. The minimum atomic E-state index is -0.458. The van der Waals surface area contributed by atoms with Gasteiger partial charge in [0.15, 0.2) is 0 Å². The Morgan fingerprint density at radius 2 is 1.80 bits per heavy atom. The Hall–Kier alpha value is -2.27. The molecule has 1 heterocycles. The first-order valence-electron chi connectivity index (χ1n) is 8.48. The quantitative estimate of drug-likeness (QED) is 0.783. The number of hydrogen-bond donors (Lipinski definition) is 1. The van der Waals surface area contributed by atoms with E-state index in [9.17, 15) is 4.79 Å². The molecule has 1 amide bonds. The number of carbonyl (C=O) groups is 1. The van der Waals surface area contributed by atoms with Crippen molar-refractivity contribution in [1.29, 1.82) is 0 Å². The second-order valence-electron chi connectivity index (χ2n) is 5.84. The summed E-state index contributed by atoms with van der Waals surface area (Å²) in [6.45, 7) is 8.28. The highest BCUT2D eigenvalue weighted by molar-refractivity contribution is 6.30. The molecule has 1 aromatic heterocycles. The SMILES string of the molecule is CCN(CC)c1cccc(CN(c2ccc(Cl)cc2)[C@@H](C)C(N)=O)n1. The molecular formula is C19H25ClN4O. The van der Waals surface area contributed by atoms with Gasteiger partial charge in [-0.2, -0.15) is 0 Å². The number of aromatic nitrogens is 1. The largest absolute Gasteiger partial charge is 0.368 e. The third-order valence-electron chi connectivity index (χ3n) is 4.25. The van der Waals surface area contributed by atoms with E-state index >= 15 is 0 Å². The molecule has 2 aromatic rings. The van der Waals surface area contributed by atoms with Crippen molar-refractivity contribution < 1.29 is 4.79 Å². The molecule has 1 aromatic carbocycles. The van der Waals surface area contributed by atoms with E-state index in [1.54, 1.807) is 19.1 Å². The zero-order chi connectivity index (χ0) is 18.4. The lowest BCUT2D eigenvalue weighted by Gasteiger charge is -2.29. The van der Waals surface area contributed by atoms with Gasteiger partial charge in [0.2, 0.25) is 5.91 Å². The van der Waals surface area contributed by atoms with E-state index in [1.165, 1.54) is 0 Å². The van der Waals surface area contributed by atoms with Crippen LogP contribution in [-0.4, -0.2) is 30.0 Å². The number of anilines is 2. The first kappa shape index (κ1) is 19.1. The van der Waals surface area contributed by atoms with Crippen LogP contribution in [0.15, 0.2) is 42.5 Å². The van der Waals surface area contributed by atoms with Gasteiger partial charge in [-0.25, -0.2) is 4.98 Å². The second kappa shape index (κ2) is 8.72. The topological polar surface area (TPSA) is 62.5 Å². The number of carbonyl (C=O) groups excluding carboxylic acids is 1. The normalized spacial score (nSPS) is 11.8. The summed E-state index contributed by atoms with van der Waals surface area (Å²) in [5, 5.41) is 0.650. The average molecular weight is 361 g/mol. The number of nitrogens with zero attached hydrogens (tertiary/aromatic N) is 3. The van der Waals surface area contributed by atoms with Crippen LogP contribution in [0.4, 0.5) is 11.5 Å². The van der Waals surface area contributed by atoms with E-state index in [2.05, 4.69) is 18.7 Å². The lowest BCUT2D eigenvalue weighted by molar-refractivity contribution is -0.119. The van der Waals surface area contributed by atoms with Crippen molar-refractivity contribution in [2.45, 2.75) is 33.4 Å². The maximum Gasteiger partial charge on any atom is 0.239 e. The molecule has 134 valence electrons. The molecule has 0 spiro atoms. The van der Waals surface area contributed by atoms with Crippen LogP contribution < -0.4 is 15.5 Å². The molecule has 2 rings (SSSR count). The molecule has 0 unspecified atom stereocenters. The van der Waals surface area contributed by atoms with E-state index in [0.29, 0.717) is 11.6 Å². The van der Waals surface area contributed by atoms with Gasteiger partial charge >= 0.3 is 0 Å².